The van der Waals surface area contributed by atoms with Gasteiger partial charge in [0.05, 0.1) is 17.1 Å². The van der Waals surface area contributed by atoms with Crippen LogP contribution in [0.5, 0.6) is 5.75 Å². The molecule has 0 spiro atoms. The quantitative estimate of drug-likeness (QED) is 0.879. The van der Waals surface area contributed by atoms with Crippen molar-refractivity contribution in [3.8, 4) is 5.75 Å². The molecule has 1 N–H and O–H groups in total. The zero-order valence-corrected chi connectivity index (χ0v) is 12.5. The first-order chi connectivity index (χ1) is 9.28. The van der Waals surface area contributed by atoms with E-state index in [4.69, 9.17) is 21.4 Å². The second kappa shape index (κ2) is 5.73. The zero-order valence-electron chi connectivity index (χ0n) is 10.2. The minimum atomic E-state index is -3.01. The molecule has 0 radical (unpaired) electrons. The van der Waals surface area contributed by atoms with Crippen molar-refractivity contribution in [3.63, 3.8) is 0 Å². The highest BCUT2D eigenvalue weighted by Crippen LogP contribution is 2.33. The number of halogens is 4. The van der Waals surface area contributed by atoms with E-state index < -0.39 is 31.0 Å². The van der Waals surface area contributed by atoms with Crippen LogP contribution in [0.25, 0.3) is 0 Å². The van der Waals surface area contributed by atoms with Gasteiger partial charge in [0.25, 0.3) is 5.92 Å². The van der Waals surface area contributed by atoms with Crippen molar-refractivity contribution in [2.75, 3.05) is 13.2 Å². The van der Waals surface area contributed by atoms with E-state index in [0.29, 0.717) is 20.1 Å². The molecule has 0 saturated carbocycles. The lowest BCUT2D eigenvalue weighted by Crippen LogP contribution is -2.38. The zero-order chi connectivity index (χ0) is 14.9. The number of likely N-dealkylation sites (tertiary alicyclic amines) is 1. The molecule has 0 aromatic heterocycles. The summed E-state index contributed by atoms with van der Waals surface area (Å²) in [5.41, 5.74) is 0. The van der Waals surface area contributed by atoms with Gasteiger partial charge in [-0.25, -0.2) is 13.6 Å². The molecule has 1 saturated heterocycles. The maximum absolute atomic E-state index is 13.3. The lowest BCUT2D eigenvalue weighted by atomic mass is 10.2. The summed E-state index contributed by atoms with van der Waals surface area (Å²) in [6.07, 6.45) is -1.91. The molecule has 110 valence electrons. The Morgan fingerprint density at radius 3 is 2.90 bits per heavy atom. The lowest BCUT2D eigenvalue weighted by Gasteiger charge is -2.21. The smallest absolute Gasteiger partial charge is 0.407 e. The molecule has 4 nitrogen and oxygen atoms in total. The summed E-state index contributed by atoms with van der Waals surface area (Å²) < 4.78 is 32.5. The third-order valence-corrected chi connectivity index (χ3v) is 3.80. The SMILES string of the molecule is O=C(O)N1CC(F)(F)CC1COc1ccc(Cl)cc1Br. The van der Waals surface area contributed by atoms with Gasteiger partial charge in [-0.2, -0.15) is 0 Å². The van der Waals surface area contributed by atoms with Gasteiger partial charge in [0.15, 0.2) is 0 Å². The van der Waals surface area contributed by atoms with Crippen molar-refractivity contribution in [1.29, 1.82) is 0 Å². The number of nitrogens with zero attached hydrogens (tertiary/aromatic N) is 1. The minimum Gasteiger partial charge on any atom is -0.490 e. The van der Waals surface area contributed by atoms with Crippen LogP contribution in [0.4, 0.5) is 13.6 Å². The van der Waals surface area contributed by atoms with Crippen LogP contribution in [0.2, 0.25) is 5.02 Å². The summed E-state index contributed by atoms with van der Waals surface area (Å²) >= 11 is 9.01. The van der Waals surface area contributed by atoms with E-state index in [1.54, 1.807) is 18.2 Å². The number of ether oxygens (including phenoxy) is 1. The Balaban J connectivity index is 2.04. The van der Waals surface area contributed by atoms with Crippen LogP contribution >= 0.6 is 27.5 Å². The normalized spacial score (nSPS) is 21.0. The van der Waals surface area contributed by atoms with E-state index in [2.05, 4.69) is 15.9 Å². The van der Waals surface area contributed by atoms with Gasteiger partial charge in [0.1, 0.15) is 12.4 Å². The van der Waals surface area contributed by atoms with Gasteiger partial charge in [0, 0.05) is 11.4 Å². The van der Waals surface area contributed by atoms with E-state index in [-0.39, 0.29) is 6.61 Å². The Morgan fingerprint density at radius 2 is 2.30 bits per heavy atom. The summed E-state index contributed by atoms with van der Waals surface area (Å²) in [4.78, 5) is 11.6. The fourth-order valence-electron chi connectivity index (χ4n) is 2.05. The van der Waals surface area contributed by atoms with Gasteiger partial charge in [-0.05, 0) is 34.1 Å². The van der Waals surface area contributed by atoms with Crippen molar-refractivity contribution in [2.45, 2.75) is 18.4 Å². The topological polar surface area (TPSA) is 49.8 Å². The summed E-state index contributed by atoms with van der Waals surface area (Å²) in [7, 11) is 0. The number of carbonyl (C=O) groups is 1. The summed E-state index contributed by atoms with van der Waals surface area (Å²) in [6.45, 7) is -0.930. The van der Waals surface area contributed by atoms with Gasteiger partial charge >= 0.3 is 6.09 Å². The summed E-state index contributed by atoms with van der Waals surface area (Å²) in [5, 5.41) is 9.42. The number of hydrogen-bond acceptors (Lipinski definition) is 2. The number of amides is 1. The number of benzene rings is 1. The molecular formula is C12H11BrClF2NO3. The third-order valence-electron chi connectivity index (χ3n) is 2.95. The van der Waals surface area contributed by atoms with Crippen molar-refractivity contribution in [3.05, 3.63) is 27.7 Å². The highest BCUT2D eigenvalue weighted by molar-refractivity contribution is 9.10. The molecule has 1 heterocycles. The minimum absolute atomic E-state index is 0.137. The molecular weight excluding hydrogens is 359 g/mol. The standard InChI is InChI=1S/C12H11BrClF2NO3/c13-9-3-7(14)1-2-10(9)20-5-8-4-12(15,16)6-17(8)11(18)19/h1-3,8H,4-6H2,(H,18,19). The molecule has 1 aromatic rings. The van der Waals surface area contributed by atoms with Crippen molar-refractivity contribution >= 4 is 33.6 Å². The van der Waals surface area contributed by atoms with E-state index in [1.165, 1.54) is 0 Å². The number of alkyl halides is 2. The Labute approximate surface area is 127 Å². The molecule has 0 bridgehead atoms. The second-order valence-corrected chi connectivity index (χ2v) is 5.80. The Hall–Kier alpha value is -1.08. The number of carboxylic acid groups (broad SMARTS) is 1. The maximum Gasteiger partial charge on any atom is 0.407 e. The average molecular weight is 371 g/mol. The van der Waals surface area contributed by atoms with Gasteiger partial charge in [0.2, 0.25) is 0 Å². The summed E-state index contributed by atoms with van der Waals surface area (Å²) in [5.74, 6) is -2.58. The Morgan fingerprint density at radius 1 is 1.60 bits per heavy atom. The van der Waals surface area contributed by atoms with Crippen LogP contribution in [0.3, 0.4) is 0 Å². The predicted molar refractivity (Wildman–Crippen MR) is 72.7 cm³/mol. The van der Waals surface area contributed by atoms with Gasteiger partial charge in [-0.1, -0.05) is 11.6 Å². The first kappa shape index (κ1) is 15.3. The van der Waals surface area contributed by atoms with Crippen LogP contribution in [0.1, 0.15) is 6.42 Å². The van der Waals surface area contributed by atoms with Crippen LogP contribution in [0.15, 0.2) is 22.7 Å². The summed E-state index contributed by atoms with van der Waals surface area (Å²) in [6, 6.07) is 3.92. The first-order valence-electron chi connectivity index (χ1n) is 5.74. The Bertz CT molecular complexity index is 529. The molecule has 20 heavy (non-hydrogen) atoms. The molecule has 2 rings (SSSR count). The third kappa shape index (κ3) is 3.52. The first-order valence-corrected chi connectivity index (χ1v) is 6.91. The van der Waals surface area contributed by atoms with Crippen LogP contribution in [-0.2, 0) is 0 Å². The molecule has 1 aromatic carbocycles. The van der Waals surface area contributed by atoms with Gasteiger partial charge in [-0.15, -0.1) is 0 Å². The van der Waals surface area contributed by atoms with Crippen LogP contribution in [-0.4, -0.2) is 41.2 Å². The lowest BCUT2D eigenvalue weighted by molar-refractivity contribution is 0.0124. The molecule has 0 aliphatic carbocycles. The molecule has 1 atom stereocenters. The van der Waals surface area contributed by atoms with Crippen molar-refractivity contribution in [2.24, 2.45) is 0 Å². The maximum atomic E-state index is 13.3. The number of hydrogen-bond donors (Lipinski definition) is 1. The fourth-order valence-corrected chi connectivity index (χ4v) is 2.85. The van der Waals surface area contributed by atoms with Crippen molar-refractivity contribution < 1.29 is 23.4 Å². The predicted octanol–water partition coefficient (Wildman–Crippen LogP) is 3.87. The molecule has 1 unspecified atom stereocenters. The molecule has 1 fully saturated rings. The largest absolute Gasteiger partial charge is 0.490 e. The van der Waals surface area contributed by atoms with E-state index in [0.717, 1.165) is 0 Å². The van der Waals surface area contributed by atoms with Crippen molar-refractivity contribution in [1.82, 2.24) is 4.90 Å². The number of rotatable bonds is 3. The van der Waals surface area contributed by atoms with Crippen LogP contribution < -0.4 is 4.74 Å². The van der Waals surface area contributed by atoms with Gasteiger partial charge in [-0.3, -0.25) is 4.90 Å². The molecule has 1 aliphatic heterocycles. The highest BCUT2D eigenvalue weighted by atomic mass is 79.9. The average Bonchev–Trinajstić information content (AvgIpc) is 2.64. The van der Waals surface area contributed by atoms with E-state index in [9.17, 15) is 13.6 Å². The fraction of sp³-hybridized carbons (Fsp3) is 0.417. The highest BCUT2D eigenvalue weighted by Gasteiger charge is 2.47. The van der Waals surface area contributed by atoms with Crippen LogP contribution in [0, 0.1) is 0 Å². The monoisotopic (exact) mass is 369 g/mol. The van der Waals surface area contributed by atoms with E-state index >= 15 is 0 Å². The van der Waals surface area contributed by atoms with E-state index in [1.807, 2.05) is 0 Å². The molecule has 8 heteroatoms. The molecule has 1 amide bonds. The Kier molecular flexibility index (Phi) is 4.39. The second-order valence-electron chi connectivity index (χ2n) is 4.51. The van der Waals surface area contributed by atoms with Gasteiger partial charge < -0.3 is 9.84 Å². The molecule has 1 aliphatic rings.